The molecule has 0 aromatic heterocycles. The Morgan fingerprint density at radius 3 is 2.67 bits per heavy atom. The molecule has 12 heavy (non-hydrogen) atoms. The second-order valence-corrected chi connectivity index (χ2v) is 4.38. The number of amides is 1. The van der Waals surface area contributed by atoms with Gasteiger partial charge in [-0.05, 0) is 25.5 Å². The molecule has 0 spiro atoms. The first-order chi connectivity index (χ1) is 5.72. The fourth-order valence-corrected chi connectivity index (χ4v) is 2.03. The number of carbonyl (C=O) groups excluding carboxylic acids is 1. The van der Waals surface area contributed by atoms with Crippen molar-refractivity contribution in [3.8, 4) is 0 Å². The Labute approximate surface area is 82.4 Å². The monoisotopic (exact) mass is 207 g/mol. The standard InChI is InChI=1S/C8H14ClNOS/c1-12-5-7(11)10-8(6-9)3-2-4-8/h2-6H2,1H3,(H,10,11). The van der Waals surface area contributed by atoms with Gasteiger partial charge in [0.25, 0.3) is 0 Å². The molecule has 0 heterocycles. The molecule has 1 fully saturated rings. The zero-order valence-corrected chi connectivity index (χ0v) is 8.80. The molecule has 0 aromatic carbocycles. The van der Waals surface area contributed by atoms with Gasteiger partial charge in [0.05, 0.1) is 11.3 Å². The molecule has 1 aliphatic carbocycles. The fourth-order valence-electron chi connectivity index (χ4n) is 1.36. The SMILES string of the molecule is CSCC(=O)NC1(CCl)CCC1. The third-order valence-electron chi connectivity index (χ3n) is 2.25. The van der Waals surface area contributed by atoms with E-state index in [1.54, 1.807) is 11.8 Å². The van der Waals surface area contributed by atoms with Crippen LogP contribution in [0.5, 0.6) is 0 Å². The van der Waals surface area contributed by atoms with E-state index in [2.05, 4.69) is 5.32 Å². The topological polar surface area (TPSA) is 29.1 Å². The van der Waals surface area contributed by atoms with Crippen molar-refractivity contribution >= 4 is 29.3 Å². The molecule has 1 N–H and O–H groups in total. The maximum atomic E-state index is 11.2. The lowest BCUT2D eigenvalue weighted by Crippen LogP contribution is -2.55. The fraction of sp³-hybridized carbons (Fsp3) is 0.875. The normalized spacial score (nSPS) is 19.8. The number of thioether (sulfide) groups is 1. The van der Waals surface area contributed by atoms with Crippen molar-refractivity contribution in [1.29, 1.82) is 0 Å². The molecule has 0 aromatic rings. The second kappa shape index (κ2) is 4.38. The molecule has 1 amide bonds. The van der Waals surface area contributed by atoms with E-state index in [1.165, 1.54) is 6.42 Å². The quantitative estimate of drug-likeness (QED) is 0.711. The lowest BCUT2D eigenvalue weighted by Gasteiger charge is -2.40. The Bertz CT molecular complexity index is 165. The molecular formula is C8H14ClNOS. The summed E-state index contributed by atoms with van der Waals surface area (Å²) in [5, 5.41) is 2.99. The van der Waals surface area contributed by atoms with Crippen LogP contribution in [-0.2, 0) is 4.79 Å². The molecule has 1 rings (SSSR count). The van der Waals surface area contributed by atoms with Crippen LogP contribution in [0.3, 0.4) is 0 Å². The lowest BCUT2D eigenvalue weighted by atomic mass is 9.78. The van der Waals surface area contributed by atoms with Crippen LogP contribution in [0.25, 0.3) is 0 Å². The largest absolute Gasteiger partial charge is 0.349 e. The van der Waals surface area contributed by atoms with Crippen LogP contribution in [0, 0.1) is 0 Å². The number of halogens is 1. The third kappa shape index (κ3) is 2.30. The van der Waals surface area contributed by atoms with Gasteiger partial charge in [0.15, 0.2) is 0 Å². The zero-order chi connectivity index (χ0) is 9.03. The van der Waals surface area contributed by atoms with Crippen LogP contribution in [0.4, 0.5) is 0 Å². The Kier molecular flexibility index (Phi) is 3.72. The van der Waals surface area contributed by atoms with Crippen molar-refractivity contribution in [3.05, 3.63) is 0 Å². The van der Waals surface area contributed by atoms with Crippen molar-refractivity contribution < 1.29 is 4.79 Å². The molecular weight excluding hydrogens is 194 g/mol. The molecule has 0 atom stereocenters. The maximum Gasteiger partial charge on any atom is 0.230 e. The lowest BCUT2D eigenvalue weighted by molar-refractivity contribution is -0.121. The van der Waals surface area contributed by atoms with Gasteiger partial charge in [-0.15, -0.1) is 11.6 Å². The smallest absolute Gasteiger partial charge is 0.230 e. The molecule has 70 valence electrons. The number of hydrogen-bond acceptors (Lipinski definition) is 2. The Morgan fingerprint density at radius 1 is 1.67 bits per heavy atom. The zero-order valence-electron chi connectivity index (χ0n) is 7.23. The predicted octanol–water partition coefficient (Wildman–Crippen LogP) is 1.63. The first kappa shape index (κ1) is 10.2. The van der Waals surface area contributed by atoms with Gasteiger partial charge in [-0.3, -0.25) is 4.79 Å². The molecule has 0 bridgehead atoms. The summed E-state index contributed by atoms with van der Waals surface area (Å²) in [7, 11) is 0. The van der Waals surface area contributed by atoms with E-state index in [4.69, 9.17) is 11.6 Å². The Hall–Kier alpha value is 0.110. The van der Waals surface area contributed by atoms with E-state index in [-0.39, 0.29) is 11.4 Å². The summed E-state index contributed by atoms with van der Waals surface area (Å²) in [4.78, 5) is 11.2. The van der Waals surface area contributed by atoms with E-state index in [0.29, 0.717) is 11.6 Å². The maximum absolute atomic E-state index is 11.2. The third-order valence-corrected chi connectivity index (χ3v) is 3.31. The highest BCUT2D eigenvalue weighted by Gasteiger charge is 2.37. The van der Waals surface area contributed by atoms with Crippen molar-refractivity contribution in [3.63, 3.8) is 0 Å². The number of nitrogens with one attached hydrogen (secondary N) is 1. The first-order valence-electron chi connectivity index (χ1n) is 4.08. The Balaban J connectivity index is 2.32. The molecule has 0 unspecified atom stereocenters. The molecule has 4 heteroatoms. The number of alkyl halides is 1. The van der Waals surface area contributed by atoms with Gasteiger partial charge in [-0.25, -0.2) is 0 Å². The van der Waals surface area contributed by atoms with E-state index in [0.717, 1.165) is 12.8 Å². The summed E-state index contributed by atoms with van der Waals surface area (Å²) in [5.74, 6) is 1.20. The summed E-state index contributed by atoms with van der Waals surface area (Å²) in [6, 6.07) is 0. The van der Waals surface area contributed by atoms with Gasteiger partial charge in [0, 0.05) is 5.88 Å². The van der Waals surface area contributed by atoms with E-state index < -0.39 is 0 Å². The molecule has 2 nitrogen and oxygen atoms in total. The van der Waals surface area contributed by atoms with Crippen molar-refractivity contribution in [2.75, 3.05) is 17.9 Å². The minimum atomic E-state index is -0.0611. The number of hydrogen-bond donors (Lipinski definition) is 1. The van der Waals surface area contributed by atoms with Crippen molar-refractivity contribution in [2.45, 2.75) is 24.8 Å². The van der Waals surface area contributed by atoms with Crippen molar-refractivity contribution in [1.82, 2.24) is 5.32 Å². The van der Waals surface area contributed by atoms with Crippen LogP contribution >= 0.6 is 23.4 Å². The van der Waals surface area contributed by atoms with E-state index in [9.17, 15) is 4.79 Å². The molecule has 0 radical (unpaired) electrons. The van der Waals surface area contributed by atoms with Gasteiger partial charge >= 0.3 is 0 Å². The van der Waals surface area contributed by atoms with Crippen LogP contribution in [-0.4, -0.2) is 29.3 Å². The van der Waals surface area contributed by atoms with Crippen LogP contribution in [0.2, 0.25) is 0 Å². The van der Waals surface area contributed by atoms with Gasteiger partial charge in [-0.2, -0.15) is 11.8 Å². The molecule has 0 saturated heterocycles. The van der Waals surface area contributed by atoms with Crippen LogP contribution in [0.1, 0.15) is 19.3 Å². The first-order valence-corrected chi connectivity index (χ1v) is 6.01. The summed E-state index contributed by atoms with van der Waals surface area (Å²) in [6.07, 6.45) is 5.19. The highest BCUT2D eigenvalue weighted by molar-refractivity contribution is 7.99. The molecule has 1 aliphatic rings. The predicted molar refractivity (Wildman–Crippen MR) is 53.8 cm³/mol. The second-order valence-electron chi connectivity index (χ2n) is 3.25. The molecule has 0 aliphatic heterocycles. The van der Waals surface area contributed by atoms with E-state index in [1.807, 2.05) is 6.26 Å². The highest BCUT2D eigenvalue weighted by atomic mass is 35.5. The van der Waals surface area contributed by atoms with Crippen LogP contribution < -0.4 is 5.32 Å². The van der Waals surface area contributed by atoms with Crippen LogP contribution in [0.15, 0.2) is 0 Å². The number of rotatable bonds is 4. The Morgan fingerprint density at radius 2 is 2.33 bits per heavy atom. The van der Waals surface area contributed by atoms with Gasteiger partial charge < -0.3 is 5.32 Å². The minimum Gasteiger partial charge on any atom is -0.349 e. The molecule has 1 saturated carbocycles. The summed E-state index contributed by atoms with van der Waals surface area (Å²) in [5.41, 5.74) is -0.0611. The van der Waals surface area contributed by atoms with E-state index >= 15 is 0 Å². The summed E-state index contributed by atoms with van der Waals surface area (Å²) < 4.78 is 0. The highest BCUT2D eigenvalue weighted by Crippen LogP contribution is 2.32. The minimum absolute atomic E-state index is 0.0611. The van der Waals surface area contributed by atoms with Gasteiger partial charge in [0.1, 0.15) is 0 Å². The number of carbonyl (C=O) groups is 1. The van der Waals surface area contributed by atoms with Gasteiger partial charge in [0.2, 0.25) is 5.91 Å². The average Bonchev–Trinajstić information content (AvgIpc) is 1.97. The summed E-state index contributed by atoms with van der Waals surface area (Å²) in [6.45, 7) is 0. The summed E-state index contributed by atoms with van der Waals surface area (Å²) >= 11 is 7.32. The average molecular weight is 208 g/mol. The van der Waals surface area contributed by atoms with Gasteiger partial charge in [-0.1, -0.05) is 0 Å². The van der Waals surface area contributed by atoms with Crippen molar-refractivity contribution in [2.24, 2.45) is 0 Å².